The number of carbonyl (C=O) groups is 3. The van der Waals surface area contributed by atoms with E-state index in [2.05, 4.69) is 10.6 Å². The average Bonchev–Trinajstić information content (AvgIpc) is 2.68. The van der Waals surface area contributed by atoms with Crippen molar-refractivity contribution in [3.8, 4) is 6.07 Å². The van der Waals surface area contributed by atoms with Crippen LogP contribution < -0.4 is 16.4 Å². The quantitative estimate of drug-likeness (QED) is 0.629. The van der Waals surface area contributed by atoms with Gasteiger partial charge in [-0.05, 0) is 36.8 Å². The van der Waals surface area contributed by atoms with Crippen LogP contribution in [0.1, 0.15) is 18.1 Å². The molecule has 0 aliphatic rings. The average molecular weight is 380 g/mol. The Morgan fingerprint density at radius 2 is 1.75 bits per heavy atom. The Morgan fingerprint density at radius 1 is 1.11 bits per heavy atom. The number of benzene rings is 2. The number of nitrogens with one attached hydrogen (secondary N) is 2. The van der Waals surface area contributed by atoms with Gasteiger partial charge in [-0.2, -0.15) is 5.26 Å². The molecule has 0 fully saturated rings. The summed E-state index contributed by atoms with van der Waals surface area (Å²) in [7, 11) is 0. The monoisotopic (exact) mass is 380 g/mol. The molecule has 0 spiro atoms. The number of carbonyl (C=O) groups excluding carboxylic acids is 3. The summed E-state index contributed by atoms with van der Waals surface area (Å²) < 4.78 is 5.19. The van der Waals surface area contributed by atoms with Gasteiger partial charge in [-0.1, -0.05) is 30.3 Å². The first-order valence-corrected chi connectivity index (χ1v) is 8.50. The third-order valence-electron chi connectivity index (χ3n) is 3.83. The van der Waals surface area contributed by atoms with Crippen LogP contribution in [-0.2, 0) is 20.7 Å². The first-order chi connectivity index (χ1) is 13.4. The summed E-state index contributed by atoms with van der Waals surface area (Å²) in [6, 6.07) is 15.4. The largest absolute Gasteiger partial charge is 0.451 e. The predicted octanol–water partition coefficient (Wildman–Crippen LogP) is 1.71. The summed E-state index contributed by atoms with van der Waals surface area (Å²) >= 11 is 0. The molecule has 0 unspecified atom stereocenters. The van der Waals surface area contributed by atoms with E-state index >= 15 is 0 Å². The maximum atomic E-state index is 12.4. The van der Waals surface area contributed by atoms with E-state index < -0.39 is 30.1 Å². The summed E-state index contributed by atoms with van der Waals surface area (Å²) in [4.78, 5) is 35.9. The molecule has 2 aromatic rings. The Balaban J connectivity index is 1.98. The van der Waals surface area contributed by atoms with Crippen LogP contribution in [0.5, 0.6) is 0 Å². The number of rotatable bonds is 7. The molecule has 0 saturated carbocycles. The Hall–Kier alpha value is -3.86. The van der Waals surface area contributed by atoms with Crippen molar-refractivity contribution in [2.45, 2.75) is 25.5 Å². The number of esters is 1. The molecule has 0 aromatic heterocycles. The number of nitrogens with two attached hydrogens (primary N) is 1. The fraction of sp³-hybridized carbons (Fsp3) is 0.200. The Kier molecular flexibility index (Phi) is 7.11. The molecule has 3 amide bonds. The summed E-state index contributed by atoms with van der Waals surface area (Å²) in [5, 5.41) is 13.7. The van der Waals surface area contributed by atoms with Crippen LogP contribution in [0.25, 0.3) is 0 Å². The van der Waals surface area contributed by atoms with Gasteiger partial charge >= 0.3 is 12.0 Å². The second-order valence-corrected chi connectivity index (χ2v) is 6.01. The van der Waals surface area contributed by atoms with Crippen molar-refractivity contribution in [2.24, 2.45) is 5.73 Å². The lowest BCUT2D eigenvalue weighted by atomic mass is 10.1. The van der Waals surface area contributed by atoms with Crippen molar-refractivity contribution in [3.05, 3.63) is 65.7 Å². The zero-order chi connectivity index (χ0) is 20.5. The molecule has 0 heterocycles. The number of nitriles is 1. The minimum atomic E-state index is -1.10. The summed E-state index contributed by atoms with van der Waals surface area (Å²) in [5.41, 5.74) is 6.86. The van der Waals surface area contributed by atoms with E-state index in [4.69, 9.17) is 15.7 Å². The van der Waals surface area contributed by atoms with Gasteiger partial charge in [0, 0.05) is 12.1 Å². The molecular weight excluding hydrogens is 360 g/mol. The van der Waals surface area contributed by atoms with Gasteiger partial charge in [0.2, 0.25) is 0 Å². The lowest BCUT2D eigenvalue weighted by Crippen LogP contribution is -2.47. The van der Waals surface area contributed by atoms with Gasteiger partial charge in [0.05, 0.1) is 11.6 Å². The van der Waals surface area contributed by atoms with Crippen LogP contribution in [0.2, 0.25) is 0 Å². The molecule has 8 heteroatoms. The SMILES string of the molecule is C[C@H](OC(=O)[C@@H](Cc1ccccc1)NC(N)=O)C(=O)Nc1ccc(C#N)cc1. The van der Waals surface area contributed by atoms with Gasteiger partial charge in [0.1, 0.15) is 6.04 Å². The minimum absolute atomic E-state index is 0.173. The highest BCUT2D eigenvalue weighted by Gasteiger charge is 2.26. The summed E-state index contributed by atoms with van der Waals surface area (Å²) in [5.74, 6) is -1.32. The smallest absolute Gasteiger partial charge is 0.329 e. The lowest BCUT2D eigenvalue weighted by Gasteiger charge is -2.19. The highest BCUT2D eigenvalue weighted by atomic mass is 16.5. The summed E-state index contributed by atoms with van der Waals surface area (Å²) in [6.45, 7) is 1.42. The molecule has 2 atom stereocenters. The van der Waals surface area contributed by atoms with E-state index in [1.165, 1.54) is 6.92 Å². The minimum Gasteiger partial charge on any atom is -0.451 e. The van der Waals surface area contributed by atoms with E-state index in [0.29, 0.717) is 11.3 Å². The second kappa shape index (κ2) is 9.73. The Bertz CT molecular complexity index is 875. The van der Waals surface area contributed by atoms with E-state index in [1.807, 2.05) is 12.1 Å². The number of nitrogens with zero attached hydrogens (tertiary/aromatic N) is 1. The van der Waals surface area contributed by atoms with Crippen molar-refractivity contribution in [1.29, 1.82) is 5.26 Å². The molecule has 0 bridgehead atoms. The highest BCUT2D eigenvalue weighted by Crippen LogP contribution is 2.11. The lowest BCUT2D eigenvalue weighted by molar-refractivity contribution is -0.155. The van der Waals surface area contributed by atoms with E-state index in [1.54, 1.807) is 48.5 Å². The van der Waals surface area contributed by atoms with Crippen molar-refractivity contribution in [1.82, 2.24) is 5.32 Å². The fourth-order valence-corrected chi connectivity index (χ4v) is 2.40. The number of hydrogen-bond acceptors (Lipinski definition) is 5. The van der Waals surface area contributed by atoms with Gasteiger partial charge in [-0.15, -0.1) is 0 Å². The van der Waals surface area contributed by atoms with Crippen LogP contribution in [-0.4, -0.2) is 30.1 Å². The van der Waals surface area contributed by atoms with E-state index in [0.717, 1.165) is 5.56 Å². The Morgan fingerprint density at radius 3 is 2.32 bits per heavy atom. The number of ether oxygens (including phenoxy) is 1. The normalized spacial score (nSPS) is 12.1. The predicted molar refractivity (Wildman–Crippen MR) is 102 cm³/mol. The number of amides is 3. The topological polar surface area (TPSA) is 134 Å². The number of primary amides is 1. The molecule has 4 N–H and O–H groups in total. The molecule has 0 aliphatic carbocycles. The molecule has 0 aliphatic heterocycles. The molecule has 0 saturated heterocycles. The first kappa shape index (κ1) is 20.5. The van der Waals surface area contributed by atoms with Crippen LogP contribution in [0.3, 0.4) is 0 Å². The standard InChI is InChI=1S/C20H20N4O4/c1-13(18(25)23-16-9-7-15(12-21)8-10-16)28-19(26)17(24-20(22)27)11-14-5-3-2-4-6-14/h2-10,13,17H,11H2,1H3,(H,23,25)(H3,22,24,27)/t13-,17+/m0/s1. The number of hydrogen-bond donors (Lipinski definition) is 3. The molecule has 2 aromatic carbocycles. The summed E-state index contributed by atoms with van der Waals surface area (Å²) in [6.07, 6.45) is -0.928. The maximum Gasteiger partial charge on any atom is 0.329 e. The first-order valence-electron chi connectivity index (χ1n) is 8.50. The van der Waals surface area contributed by atoms with Gasteiger partial charge in [0.15, 0.2) is 6.10 Å². The highest BCUT2D eigenvalue weighted by molar-refractivity contribution is 5.95. The van der Waals surface area contributed by atoms with Crippen LogP contribution in [0.15, 0.2) is 54.6 Å². The molecule has 144 valence electrons. The Labute approximate surface area is 162 Å². The van der Waals surface area contributed by atoms with Gasteiger partial charge < -0.3 is 21.1 Å². The van der Waals surface area contributed by atoms with Gasteiger partial charge in [-0.3, -0.25) is 4.79 Å². The molecule has 28 heavy (non-hydrogen) atoms. The van der Waals surface area contributed by atoms with E-state index in [-0.39, 0.29) is 6.42 Å². The third-order valence-corrected chi connectivity index (χ3v) is 3.83. The van der Waals surface area contributed by atoms with Crippen molar-refractivity contribution in [3.63, 3.8) is 0 Å². The third kappa shape index (κ3) is 6.14. The zero-order valence-corrected chi connectivity index (χ0v) is 15.2. The van der Waals surface area contributed by atoms with Crippen LogP contribution >= 0.6 is 0 Å². The van der Waals surface area contributed by atoms with E-state index in [9.17, 15) is 14.4 Å². The molecule has 0 radical (unpaired) electrons. The van der Waals surface area contributed by atoms with Gasteiger partial charge in [0.25, 0.3) is 5.91 Å². The molecule has 2 rings (SSSR count). The maximum absolute atomic E-state index is 12.4. The number of anilines is 1. The number of urea groups is 1. The molecule has 8 nitrogen and oxygen atoms in total. The molecular formula is C20H20N4O4. The van der Waals surface area contributed by atoms with Crippen molar-refractivity contribution >= 4 is 23.6 Å². The van der Waals surface area contributed by atoms with Gasteiger partial charge in [-0.25, -0.2) is 9.59 Å². The van der Waals surface area contributed by atoms with Crippen molar-refractivity contribution in [2.75, 3.05) is 5.32 Å². The fourth-order valence-electron chi connectivity index (χ4n) is 2.40. The zero-order valence-electron chi connectivity index (χ0n) is 15.2. The van der Waals surface area contributed by atoms with Crippen LogP contribution in [0, 0.1) is 11.3 Å². The van der Waals surface area contributed by atoms with Crippen molar-refractivity contribution < 1.29 is 19.1 Å². The second-order valence-electron chi connectivity index (χ2n) is 6.01. The van der Waals surface area contributed by atoms with Crippen LogP contribution in [0.4, 0.5) is 10.5 Å².